The quantitative estimate of drug-likeness (QED) is 0.273. The molecule has 1 aliphatic heterocycles. The minimum atomic E-state index is -0.656. The molecule has 9 heteroatoms. The Labute approximate surface area is 237 Å². The molecule has 1 saturated heterocycles. The Morgan fingerprint density at radius 2 is 1.82 bits per heavy atom. The van der Waals surface area contributed by atoms with Crippen LogP contribution >= 0.6 is 23.2 Å². The van der Waals surface area contributed by atoms with E-state index in [4.69, 9.17) is 32.7 Å². The highest BCUT2D eigenvalue weighted by Crippen LogP contribution is 2.43. The van der Waals surface area contributed by atoms with Crippen LogP contribution in [0.2, 0.25) is 10.0 Å². The SMILES string of the molecule is Cc1noc(C)c1-c1ccc2c(c1)nc([C@@H]1CCCC(=O)N1c1ccc(Cl)c(Cl)c1)n2C1CCC(C)(O)CC1. The Hall–Kier alpha value is -2.87. The van der Waals surface area contributed by atoms with E-state index in [-0.39, 0.29) is 18.0 Å². The van der Waals surface area contributed by atoms with E-state index in [0.717, 1.165) is 70.8 Å². The minimum Gasteiger partial charge on any atom is -0.390 e. The van der Waals surface area contributed by atoms with Gasteiger partial charge in [0, 0.05) is 23.7 Å². The van der Waals surface area contributed by atoms with Gasteiger partial charge in [-0.15, -0.1) is 0 Å². The number of carbonyl (C=O) groups is 1. The van der Waals surface area contributed by atoms with E-state index in [2.05, 4.69) is 27.9 Å². The second-order valence-electron chi connectivity index (χ2n) is 11.2. The number of rotatable bonds is 4. The fraction of sp³-hybridized carbons (Fsp3) is 0.433. The average Bonchev–Trinajstić information content (AvgIpc) is 3.44. The molecule has 2 aromatic heterocycles. The van der Waals surface area contributed by atoms with Crippen molar-refractivity contribution in [1.29, 1.82) is 0 Å². The molecule has 1 atom stereocenters. The first-order chi connectivity index (χ1) is 18.6. The summed E-state index contributed by atoms with van der Waals surface area (Å²) in [6.45, 7) is 5.77. The lowest BCUT2D eigenvalue weighted by atomic mass is 9.83. The summed E-state index contributed by atoms with van der Waals surface area (Å²) in [5.74, 6) is 1.68. The molecule has 3 heterocycles. The van der Waals surface area contributed by atoms with Crippen LogP contribution in [0, 0.1) is 13.8 Å². The number of hydrogen-bond acceptors (Lipinski definition) is 5. The molecular weight excluding hydrogens is 535 g/mol. The number of benzene rings is 2. The first-order valence-corrected chi connectivity index (χ1v) is 14.3. The van der Waals surface area contributed by atoms with Gasteiger partial charge in [-0.05, 0) is 95.2 Å². The van der Waals surface area contributed by atoms with Crippen molar-refractivity contribution in [2.75, 3.05) is 4.90 Å². The van der Waals surface area contributed by atoms with E-state index >= 15 is 0 Å². The molecular formula is C30H32Cl2N4O3. The molecule has 4 aromatic rings. The molecule has 1 N–H and O–H groups in total. The van der Waals surface area contributed by atoms with Gasteiger partial charge in [-0.1, -0.05) is 34.4 Å². The van der Waals surface area contributed by atoms with Crippen LogP contribution in [0.1, 0.15) is 81.2 Å². The molecule has 204 valence electrons. The molecule has 2 aromatic carbocycles. The molecule has 0 radical (unpaired) electrons. The molecule has 0 unspecified atom stereocenters. The summed E-state index contributed by atoms with van der Waals surface area (Å²) < 4.78 is 7.76. The lowest BCUT2D eigenvalue weighted by molar-refractivity contribution is -0.120. The summed E-state index contributed by atoms with van der Waals surface area (Å²) in [4.78, 5) is 20.5. The molecule has 0 spiro atoms. The van der Waals surface area contributed by atoms with E-state index in [1.165, 1.54) is 0 Å². The highest BCUT2D eigenvalue weighted by Gasteiger charge is 2.37. The number of amides is 1. The van der Waals surface area contributed by atoms with Crippen molar-refractivity contribution in [2.45, 2.75) is 83.4 Å². The number of halogens is 2. The van der Waals surface area contributed by atoms with Gasteiger partial charge in [0.25, 0.3) is 0 Å². The van der Waals surface area contributed by atoms with E-state index in [0.29, 0.717) is 29.3 Å². The van der Waals surface area contributed by atoms with E-state index in [9.17, 15) is 9.90 Å². The number of piperidine rings is 1. The summed E-state index contributed by atoms with van der Waals surface area (Å²) in [6, 6.07) is 11.6. The highest BCUT2D eigenvalue weighted by molar-refractivity contribution is 6.42. The molecule has 7 nitrogen and oxygen atoms in total. The third-order valence-electron chi connectivity index (χ3n) is 8.36. The number of imidazole rings is 1. The van der Waals surface area contributed by atoms with E-state index < -0.39 is 5.60 Å². The molecule has 0 bridgehead atoms. The average molecular weight is 568 g/mol. The minimum absolute atomic E-state index is 0.0474. The maximum absolute atomic E-state index is 13.4. The zero-order valence-electron chi connectivity index (χ0n) is 22.4. The van der Waals surface area contributed by atoms with Gasteiger partial charge in [0.15, 0.2) is 0 Å². The predicted octanol–water partition coefficient (Wildman–Crippen LogP) is 7.74. The maximum Gasteiger partial charge on any atom is 0.227 e. The Morgan fingerprint density at radius 1 is 1.05 bits per heavy atom. The number of aryl methyl sites for hydroxylation is 2. The second kappa shape index (κ2) is 9.95. The second-order valence-corrected chi connectivity index (χ2v) is 12.1. The van der Waals surface area contributed by atoms with Crippen molar-refractivity contribution in [1.82, 2.24) is 14.7 Å². The summed E-state index contributed by atoms with van der Waals surface area (Å²) in [6.07, 6.45) is 5.15. The lowest BCUT2D eigenvalue weighted by Crippen LogP contribution is -2.40. The van der Waals surface area contributed by atoms with Crippen LogP contribution in [0.25, 0.3) is 22.2 Å². The normalized spacial score (nSPS) is 24.1. The van der Waals surface area contributed by atoms with Crippen LogP contribution in [0.15, 0.2) is 40.9 Å². The summed E-state index contributed by atoms with van der Waals surface area (Å²) in [5, 5.41) is 15.7. The van der Waals surface area contributed by atoms with Crippen molar-refractivity contribution in [3.63, 3.8) is 0 Å². The first-order valence-electron chi connectivity index (χ1n) is 13.6. The van der Waals surface area contributed by atoms with E-state index in [1.807, 2.05) is 31.7 Å². The van der Waals surface area contributed by atoms with Crippen molar-refractivity contribution in [3.05, 3.63) is 63.7 Å². The molecule has 1 aliphatic carbocycles. The largest absolute Gasteiger partial charge is 0.390 e. The third kappa shape index (κ3) is 4.75. The third-order valence-corrected chi connectivity index (χ3v) is 9.10. The zero-order valence-corrected chi connectivity index (χ0v) is 23.9. The summed E-state index contributed by atoms with van der Waals surface area (Å²) >= 11 is 12.6. The molecule has 2 aliphatic rings. The number of anilines is 1. The summed E-state index contributed by atoms with van der Waals surface area (Å²) in [7, 11) is 0. The van der Waals surface area contributed by atoms with Crippen molar-refractivity contribution < 1.29 is 14.4 Å². The van der Waals surface area contributed by atoms with Gasteiger partial charge in [-0.3, -0.25) is 4.79 Å². The van der Waals surface area contributed by atoms with Crippen molar-refractivity contribution in [3.8, 4) is 11.1 Å². The maximum atomic E-state index is 13.4. The van der Waals surface area contributed by atoms with Crippen LogP contribution in [0.3, 0.4) is 0 Å². The molecule has 39 heavy (non-hydrogen) atoms. The number of nitrogens with zero attached hydrogens (tertiary/aromatic N) is 4. The fourth-order valence-corrected chi connectivity index (χ4v) is 6.64. The molecule has 6 rings (SSSR count). The van der Waals surface area contributed by atoms with Crippen molar-refractivity contribution >= 4 is 45.8 Å². The van der Waals surface area contributed by atoms with Crippen LogP contribution in [0.5, 0.6) is 0 Å². The van der Waals surface area contributed by atoms with Gasteiger partial charge in [0.05, 0.1) is 38.4 Å². The molecule has 1 saturated carbocycles. The number of aliphatic hydroxyl groups is 1. The molecule has 1 amide bonds. The molecule has 2 fully saturated rings. The Balaban J connectivity index is 1.51. The Bertz CT molecular complexity index is 1540. The van der Waals surface area contributed by atoms with Crippen LogP contribution < -0.4 is 4.90 Å². The highest BCUT2D eigenvalue weighted by atomic mass is 35.5. The zero-order chi connectivity index (χ0) is 27.5. The fourth-order valence-electron chi connectivity index (χ4n) is 6.34. The van der Waals surface area contributed by atoms with Crippen LogP contribution in [-0.2, 0) is 4.79 Å². The number of fused-ring (bicyclic) bond motifs is 1. The number of aromatic nitrogens is 3. The Morgan fingerprint density at radius 3 is 2.51 bits per heavy atom. The lowest BCUT2D eigenvalue weighted by Gasteiger charge is -2.38. The topological polar surface area (TPSA) is 84.4 Å². The van der Waals surface area contributed by atoms with Gasteiger partial charge in [-0.25, -0.2) is 4.98 Å². The van der Waals surface area contributed by atoms with Gasteiger partial charge >= 0.3 is 0 Å². The standard InChI is InChI=1S/C30H32Cl2N4O3/c1-17-28(18(2)39-34-17)19-7-10-25-24(15-19)33-29(36(25)20-11-13-30(3,38)14-12-20)26-5-4-6-27(37)35(26)21-8-9-22(31)23(32)16-21/h7-10,15-16,20,26,38H,4-6,11-14H2,1-3H3/t20?,26-,30?/m0/s1. The van der Waals surface area contributed by atoms with E-state index in [1.54, 1.807) is 12.1 Å². The van der Waals surface area contributed by atoms with Gasteiger partial charge in [0.2, 0.25) is 5.91 Å². The smallest absolute Gasteiger partial charge is 0.227 e. The predicted molar refractivity (Wildman–Crippen MR) is 153 cm³/mol. The van der Waals surface area contributed by atoms with Gasteiger partial charge < -0.3 is 19.1 Å². The van der Waals surface area contributed by atoms with Crippen LogP contribution in [-0.4, -0.2) is 31.3 Å². The van der Waals surface area contributed by atoms with Crippen LogP contribution in [0.4, 0.5) is 5.69 Å². The summed E-state index contributed by atoms with van der Waals surface area (Å²) in [5.41, 5.74) is 4.78. The number of carbonyl (C=O) groups excluding carboxylic acids is 1. The van der Waals surface area contributed by atoms with Crippen molar-refractivity contribution in [2.24, 2.45) is 0 Å². The monoisotopic (exact) mass is 566 g/mol. The van der Waals surface area contributed by atoms with Gasteiger partial charge in [-0.2, -0.15) is 0 Å². The number of hydrogen-bond donors (Lipinski definition) is 1. The Kier molecular flexibility index (Phi) is 6.72. The first kappa shape index (κ1) is 26.4. The van der Waals surface area contributed by atoms with Gasteiger partial charge in [0.1, 0.15) is 11.6 Å².